The summed E-state index contributed by atoms with van der Waals surface area (Å²) in [6.45, 7) is 0.256. The summed E-state index contributed by atoms with van der Waals surface area (Å²) >= 11 is 0. The Morgan fingerprint density at radius 2 is 1.94 bits per heavy atom. The number of benzene rings is 1. The quantitative estimate of drug-likeness (QED) is 0.851. The van der Waals surface area contributed by atoms with Gasteiger partial charge in [-0.2, -0.15) is 13.2 Å². The fourth-order valence-electron chi connectivity index (χ4n) is 1.50. The summed E-state index contributed by atoms with van der Waals surface area (Å²) in [6, 6.07) is 5.19. The van der Waals surface area contributed by atoms with Gasteiger partial charge < -0.3 is 11.1 Å². The summed E-state index contributed by atoms with van der Waals surface area (Å²) in [5, 5.41) is 2.45. The lowest BCUT2D eigenvalue weighted by Crippen LogP contribution is -2.24. The number of hydrogen-bond donors (Lipinski definition) is 2. The topological polar surface area (TPSA) is 55.1 Å². The Morgan fingerprint density at radius 1 is 1.28 bits per heavy atom. The first-order valence-electron chi connectivity index (χ1n) is 5.57. The van der Waals surface area contributed by atoms with Crippen molar-refractivity contribution < 1.29 is 18.0 Å². The summed E-state index contributed by atoms with van der Waals surface area (Å²) in [6.07, 6.45) is -3.66. The standard InChI is InChI=1S/C12H15F3N2O/c13-12(14,15)10-5-2-1-4-9(10)8-17-11(18)6-3-7-16/h1-2,4-5H,3,6-8,16H2,(H,17,18). The third kappa shape index (κ3) is 4.37. The SMILES string of the molecule is NCCCC(=O)NCc1ccccc1C(F)(F)F. The second-order valence-corrected chi connectivity index (χ2v) is 3.82. The molecule has 0 spiro atoms. The van der Waals surface area contributed by atoms with Gasteiger partial charge in [-0.05, 0) is 24.6 Å². The molecule has 3 nitrogen and oxygen atoms in total. The highest BCUT2D eigenvalue weighted by molar-refractivity contribution is 5.75. The van der Waals surface area contributed by atoms with E-state index in [9.17, 15) is 18.0 Å². The van der Waals surface area contributed by atoms with Crippen LogP contribution >= 0.6 is 0 Å². The Hall–Kier alpha value is -1.56. The molecular formula is C12H15F3N2O. The van der Waals surface area contributed by atoms with Crippen LogP contribution < -0.4 is 11.1 Å². The number of hydrogen-bond acceptors (Lipinski definition) is 2. The Kier molecular flexibility index (Phi) is 5.15. The van der Waals surface area contributed by atoms with Gasteiger partial charge in [0.15, 0.2) is 0 Å². The summed E-state index contributed by atoms with van der Waals surface area (Å²) < 4.78 is 37.9. The predicted octanol–water partition coefficient (Wildman–Crippen LogP) is 2.06. The first kappa shape index (κ1) is 14.5. The third-order valence-corrected chi connectivity index (χ3v) is 2.41. The second kappa shape index (κ2) is 6.39. The molecule has 0 radical (unpaired) electrons. The molecule has 1 aromatic rings. The van der Waals surface area contributed by atoms with E-state index in [1.54, 1.807) is 0 Å². The van der Waals surface area contributed by atoms with E-state index in [1.807, 2.05) is 0 Å². The van der Waals surface area contributed by atoms with Crippen LogP contribution in [0.25, 0.3) is 0 Å². The van der Waals surface area contributed by atoms with E-state index in [0.29, 0.717) is 13.0 Å². The molecule has 1 amide bonds. The zero-order valence-corrected chi connectivity index (χ0v) is 9.76. The van der Waals surface area contributed by atoms with Crippen LogP contribution in [0.1, 0.15) is 24.0 Å². The first-order chi connectivity index (χ1) is 8.45. The van der Waals surface area contributed by atoms with E-state index in [1.165, 1.54) is 18.2 Å². The van der Waals surface area contributed by atoms with Gasteiger partial charge in [0.1, 0.15) is 0 Å². The van der Waals surface area contributed by atoms with E-state index < -0.39 is 11.7 Å². The molecule has 0 heterocycles. The van der Waals surface area contributed by atoms with Crippen LogP contribution in [-0.4, -0.2) is 12.5 Å². The number of carbonyl (C=O) groups excluding carboxylic acids is 1. The lowest BCUT2D eigenvalue weighted by molar-refractivity contribution is -0.138. The molecule has 0 aliphatic carbocycles. The lowest BCUT2D eigenvalue weighted by Gasteiger charge is -2.13. The maximum absolute atomic E-state index is 12.6. The van der Waals surface area contributed by atoms with Crippen molar-refractivity contribution in [3.63, 3.8) is 0 Å². The van der Waals surface area contributed by atoms with Gasteiger partial charge in [-0.15, -0.1) is 0 Å². The largest absolute Gasteiger partial charge is 0.416 e. The first-order valence-corrected chi connectivity index (χ1v) is 5.57. The summed E-state index contributed by atoms with van der Waals surface area (Å²) in [4.78, 5) is 11.3. The van der Waals surface area contributed by atoms with Crippen LogP contribution in [0.3, 0.4) is 0 Å². The van der Waals surface area contributed by atoms with E-state index >= 15 is 0 Å². The molecule has 0 aliphatic heterocycles. The smallest absolute Gasteiger partial charge is 0.352 e. The van der Waals surface area contributed by atoms with Crippen LogP contribution in [0.15, 0.2) is 24.3 Å². The molecule has 0 aromatic heterocycles. The number of amides is 1. The van der Waals surface area contributed by atoms with Crippen molar-refractivity contribution in [3.8, 4) is 0 Å². The number of rotatable bonds is 5. The Labute approximate surface area is 103 Å². The van der Waals surface area contributed by atoms with Gasteiger partial charge in [0, 0.05) is 13.0 Å². The Morgan fingerprint density at radius 3 is 2.56 bits per heavy atom. The van der Waals surface area contributed by atoms with Crippen LogP contribution in [-0.2, 0) is 17.5 Å². The second-order valence-electron chi connectivity index (χ2n) is 3.82. The maximum Gasteiger partial charge on any atom is 0.416 e. The van der Waals surface area contributed by atoms with Gasteiger partial charge in [-0.1, -0.05) is 18.2 Å². The predicted molar refractivity (Wildman–Crippen MR) is 61.6 cm³/mol. The van der Waals surface area contributed by atoms with E-state index in [2.05, 4.69) is 5.32 Å². The van der Waals surface area contributed by atoms with E-state index in [-0.39, 0.29) is 24.4 Å². The highest BCUT2D eigenvalue weighted by Gasteiger charge is 2.32. The van der Waals surface area contributed by atoms with Crippen molar-refractivity contribution in [2.45, 2.75) is 25.6 Å². The van der Waals surface area contributed by atoms with Gasteiger partial charge in [-0.25, -0.2) is 0 Å². The van der Waals surface area contributed by atoms with Crippen molar-refractivity contribution in [2.75, 3.05) is 6.54 Å². The molecular weight excluding hydrogens is 245 g/mol. The Bertz CT molecular complexity index is 405. The molecule has 0 saturated carbocycles. The molecule has 100 valence electrons. The minimum absolute atomic E-state index is 0.0612. The van der Waals surface area contributed by atoms with Gasteiger partial charge >= 0.3 is 6.18 Å². The van der Waals surface area contributed by atoms with Crippen molar-refractivity contribution >= 4 is 5.91 Å². The molecule has 0 unspecified atom stereocenters. The number of nitrogens with one attached hydrogen (secondary N) is 1. The van der Waals surface area contributed by atoms with Gasteiger partial charge in [0.05, 0.1) is 5.56 Å². The van der Waals surface area contributed by atoms with Gasteiger partial charge in [0.2, 0.25) is 5.91 Å². The minimum Gasteiger partial charge on any atom is -0.352 e. The highest BCUT2D eigenvalue weighted by atomic mass is 19.4. The van der Waals surface area contributed by atoms with Gasteiger partial charge in [-0.3, -0.25) is 4.79 Å². The molecule has 0 aliphatic rings. The van der Waals surface area contributed by atoms with Crippen molar-refractivity contribution in [1.29, 1.82) is 0 Å². The number of carbonyl (C=O) groups is 1. The molecule has 18 heavy (non-hydrogen) atoms. The molecule has 1 rings (SSSR count). The molecule has 0 fully saturated rings. The third-order valence-electron chi connectivity index (χ3n) is 2.41. The summed E-state index contributed by atoms with van der Waals surface area (Å²) in [5.41, 5.74) is 4.58. The van der Waals surface area contributed by atoms with Crippen LogP contribution in [0, 0.1) is 0 Å². The average molecular weight is 260 g/mol. The molecule has 0 atom stereocenters. The fraction of sp³-hybridized carbons (Fsp3) is 0.417. The summed E-state index contributed by atoms with van der Waals surface area (Å²) in [7, 11) is 0. The zero-order valence-electron chi connectivity index (χ0n) is 9.76. The molecule has 0 bridgehead atoms. The Balaban J connectivity index is 2.65. The molecule has 1 aromatic carbocycles. The van der Waals surface area contributed by atoms with Crippen molar-refractivity contribution in [2.24, 2.45) is 5.73 Å². The number of alkyl halides is 3. The van der Waals surface area contributed by atoms with Crippen molar-refractivity contribution in [1.82, 2.24) is 5.32 Å². The fourth-order valence-corrected chi connectivity index (χ4v) is 1.50. The zero-order chi connectivity index (χ0) is 13.6. The van der Waals surface area contributed by atoms with Crippen LogP contribution in [0.4, 0.5) is 13.2 Å². The monoisotopic (exact) mass is 260 g/mol. The molecule has 6 heteroatoms. The number of halogens is 3. The normalized spacial score (nSPS) is 11.3. The highest BCUT2D eigenvalue weighted by Crippen LogP contribution is 2.31. The van der Waals surface area contributed by atoms with Crippen LogP contribution in [0.2, 0.25) is 0 Å². The number of nitrogens with two attached hydrogens (primary N) is 1. The van der Waals surface area contributed by atoms with E-state index in [4.69, 9.17) is 5.73 Å². The van der Waals surface area contributed by atoms with E-state index in [0.717, 1.165) is 6.07 Å². The average Bonchev–Trinajstić information content (AvgIpc) is 2.33. The molecule has 3 N–H and O–H groups in total. The van der Waals surface area contributed by atoms with Crippen molar-refractivity contribution in [3.05, 3.63) is 35.4 Å². The minimum atomic E-state index is -4.40. The molecule has 0 saturated heterocycles. The van der Waals surface area contributed by atoms with Gasteiger partial charge in [0.25, 0.3) is 0 Å². The van der Waals surface area contributed by atoms with Crippen LogP contribution in [0.5, 0.6) is 0 Å². The lowest BCUT2D eigenvalue weighted by atomic mass is 10.1. The maximum atomic E-state index is 12.6. The summed E-state index contributed by atoms with van der Waals surface area (Å²) in [5.74, 6) is -0.294.